The van der Waals surface area contributed by atoms with E-state index in [1.54, 1.807) is 36.4 Å². The number of benzene rings is 2. The summed E-state index contributed by atoms with van der Waals surface area (Å²) in [5, 5.41) is 7.23. The van der Waals surface area contributed by atoms with Crippen LogP contribution >= 0.6 is 11.6 Å². The van der Waals surface area contributed by atoms with Gasteiger partial charge in [0.25, 0.3) is 5.91 Å². The second-order valence-electron chi connectivity index (χ2n) is 7.02. The number of hydrogen-bond acceptors (Lipinski definition) is 7. The van der Waals surface area contributed by atoms with Crippen molar-refractivity contribution in [3.8, 4) is 11.6 Å². The third kappa shape index (κ3) is 5.39. The molecule has 10 nitrogen and oxygen atoms in total. The van der Waals surface area contributed by atoms with Gasteiger partial charge in [0.15, 0.2) is 5.82 Å². The van der Waals surface area contributed by atoms with E-state index >= 15 is 0 Å². The van der Waals surface area contributed by atoms with Crippen LogP contribution < -0.4 is 14.8 Å². The number of anilines is 1. The summed E-state index contributed by atoms with van der Waals surface area (Å²) in [7, 11) is -2.63. The molecule has 2 aromatic carbocycles. The molecule has 0 aliphatic heterocycles. The molecule has 2 N–H and O–H groups in total. The molecule has 0 aliphatic carbocycles. The lowest BCUT2D eigenvalue weighted by Gasteiger charge is -2.13. The van der Waals surface area contributed by atoms with E-state index < -0.39 is 15.9 Å². The summed E-state index contributed by atoms with van der Waals surface area (Å²) in [6, 6.07) is 14.2. The Labute approximate surface area is 200 Å². The molecule has 4 rings (SSSR count). The SMILES string of the molecule is COc1ccc(C(=O)Nc2ccc(-n3cncn3)nc2)cc1S(=O)(=O)NCc1ccc(Cl)cc1. The summed E-state index contributed by atoms with van der Waals surface area (Å²) in [5.74, 6) is 0.131. The summed E-state index contributed by atoms with van der Waals surface area (Å²) in [4.78, 5) is 20.7. The van der Waals surface area contributed by atoms with Crippen LogP contribution in [0.4, 0.5) is 5.69 Å². The Hall–Kier alpha value is -3.80. The standard InChI is InChI=1S/C22H19ClN6O4S/c1-33-19-8-4-16(10-20(19)34(31,32)27-11-15-2-5-17(23)6-3-15)22(30)28-18-7-9-21(25-12-18)29-14-24-13-26-29/h2-10,12-14,27H,11H2,1H3,(H,28,30). The van der Waals surface area contributed by atoms with Crippen molar-refractivity contribution in [2.24, 2.45) is 0 Å². The second kappa shape index (κ2) is 10.00. The Kier molecular flexibility index (Phi) is 6.87. The van der Waals surface area contributed by atoms with Crippen molar-refractivity contribution in [2.75, 3.05) is 12.4 Å². The molecular weight excluding hydrogens is 480 g/mol. The van der Waals surface area contributed by atoms with Crippen LogP contribution in [0, 0.1) is 0 Å². The molecular formula is C22H19ClN6O4S. The van der Waals surface area contributed by atoms with Crippen LogP contribution in [-0.2, 0) is 16.6 Å². The highest BCUT2D eigenvalue weighted by Crippen LogP contribution is 2.26. The zero-order chi connectivity index (χ0) is 24.1. The Morgan fingerprint density at radius 3 is 2.56 bits per heavy atom. The number of carbonyl (C=O) groups is 1. The van der Waals surface area contributed by atoms with Crippen molar-refractivity contribution >= 4 is 33.2 Å². The first-order chi connectivity index (χ1) is 16.4. The quantitative estimate of drug-likeness (QED) is 0.382. The average molecular weight is 499 g/mol. The van der Waals surface area contributed by atoms with Crippen molar-refractivity contribution in [1.82, 2.24) is 24.5 Å². The molecule has 34 heavy (non-hydrogen) atoms. The fourth-order valence-corrected chi connectivity index (χ4v) is 4.35. The third-order valence-corrected chi connectivity index (χ3v) is 6.43. The minimum absolute atomic E-state index is 0.0445. The number of halogens is 1. The zero-order valence-corrected chi connectivity index (χ0v) is 19.4. The smallest absolute Gasteiger partial charge is 0.255 e. The zero-order valence-electron chi connectivity index (χ0n) is 17.8. The molecule has 0 unspecified atom stereocenters. The van der Waals surface area contributed by atoms with Crippen LogP contribution in [0.3, 0.4) is 0 Å². The van der Waals surface area contributed by atoms with Gasteiger partial charge < -0.3 is 10.1 Å². The maximum atomic E-state index is 13.0. The van der Waals surface area contributed by atoms with Gasteiger partial charge in [-0.05, 0) is 48.0 Å². The molecule has 12 heteroatoms. The molecule has 0 bridgehead atoms. The van der Waals surface area contributed by atoms with E-state index in [4.69, 9.17) is 16.3 Å². The van der Waals surface area contributed by atoms with Crippen LogP contribution in [0.25, 0.3) is 5.82 Å². The Bertz CT molecular complexity index is 1390. The predicted molar refractivity (Wildman–Crippen MR) is 126 cm³/mol. The first-order valence-corrected chi connectivity index (χ1v) is 11.8. The largest absolute Gasteiger partial charge is 0.495 e. The van der Waals surface area contributed by atoms with Gasteiger partial charge in [-0.2, -0.15) is 5.10 Å². The van der Waals surface area contributed by atoms with E-state index in [2.05, 4.69) is 25.1 Å². The van der Waals surface area contributed by atoms with Gasteiger partial charge >= 0.3 is 0 Å². The van der Waals surface area contributed by atoms with Gasteiger partial charge in [0.2, 0.25) is 10.0 Å². The van der Waals surface area contributed by atoms with E-state index in [0.717, 1.165) is 5.56 Å². The van der Waals surface area contributed by atoms with E-state index in [-0.39, 0.29) is 22.8 Å². The molecule has 0 saturated heterocycles. The molecule has 1 amide bonds. The number of ether oxygens (including phenoxy) is 1. The molecule has 0 fully saturated rings. The van der Waals surface area contributed by atoms with E-state index in [0.29, 0.717) is 16.5 Å². The number of nitrogens with zero attached hydrogens (tertiary/aromatic N) is 4. The predicted octanol–water partition coefficient (Wildman–Crippen LogP) is 3.06. The lowest BCUT2D eigenvalue weighted by molar-refractivity contribution is 0.102. The van der Waals surface area contributed by atoms with Gasteiger partial charge in [-0.3, -0.25) is 4.79 Å². The average Bonchev–Trinajstić information content (AvgIpc) is 3.39. The van der Waals surface area contributed by atoms with Gasteiger partial charge in [-0.25, -0.2) is 27.8 Å². The van der Waals surface area contributed by atoms with Crippen LogP contribution in [0.15, 0.2) is 78.3 Å². The van der Waals surface area contributed by atoms with Crippen molar-refractivity contribution in [3.63, 3.8) is 0 Å². The molecule has 0 aliphatic rings. The molecule has 0 saturated carbocycles. The van der Waals surface area contributed by atoms with Crippen molar-refractivity contribution in [2.45, 2.75) is 11.4 Å². The minimum Gasteiger partial charge on any atom is -0.495 e. The van der Waals surface area contributed by atoms with Gasteiger partial charge in [0, 0.05) is 17.1 Å². The monoisotopic (exact) mass is 498 g/mol. The number of carbonyl (C=O) groups excluding carboxylic acids is 1. The van der Waals surface area contributed by atoms with Crippen molar-refractivity contribution < 1.29 is 17.9 Å². The number of hydrogen-bond donors (Lipinski definition) is 2. The maximum Gasteiger partial charge on any atom is 0.255 e. The molecule has 0 atom stereocenters. The number of amides is 1. The molecule has 4 aromatic rings. The highest BCUT2D eigenvalue weighted by molar-refractivity contribution is 7.89. The fraction of sp³-hybridized carbons (Fsp3) is 0.0909. The Morgan fingerprint density at radius 1 is 1.12 bits per heavy atom. The first kappa shape index (κ1) is 23.4. The molecule has 0 spiro atoms. The van der Waals surface area contributed by atoms with Crippen LogP contribution in [0.5, 0.6) is 5.75 Å². The Balaban J connectivity index is 1.51. The summed E-state index contributed by atoms with van der Waals surface area (Å²) in [5.41, 5.74) is 1.28. The fourth-order valence-electron chi connectivity index (χ4n) is 3.01. The minimum atomic E-state index is -3.99. The van der Waals surface area contributed by atoms with Crippen LogP contribution in [0.2, 0.25) is 5.02 Å². The lowest BCUT2D eigenvalue weighted by atomic mass is 10.2. The highest BCUT2D eigenvalue weighted by Gasteiger charge is 2.22. The molecule has 2 heterocycles. The van der Waals surface area contributed by atoms with Crippen LogP contribution in [-0.4, -0.2) is 41.2 Å². The van der Waals surface area contributed by atoms with Gasteiger partial charge in [0.05, 0.1) is 19.0 Å². The summed E-state index contributed by atoms with van der Waals surface area (Å²) in [6.45, 7) is 0.0445. The maximum absolute atomic E-state index is 13.0. The normalized spacial score (nSPS) is 11.2. The molecule has 174 valence electrons. The number of sulfonamides is 1. The summed E-state index contributed by atoms with van der Waals surface area (Å²) in [6.07, 6.45) is 4.35. The summed E-state index contributed by atoms with van der Waals surface area (Å²) >= 11 is 5.87. The number of nitrogens with one attached hydrogen (secondary N) is 2. The second-order valence-corrected chi connectivity index (χ2v) is 9.19. The van der Waals surface area contributed by atoms with Crippen molar-refractivity contribution in [1.29, 1.82) is 0 Å². The van der Waals surface area contributed by atoms with Gasteiger partial charge in [0.1, 0.15) is 23.3 Å². The van der Waals surface area contributed by atoms with Gasteiger partial charge in [-0.1, -0.05) is 23.7 Å². The van der Waals surface area contributed by atoms with Gasteiger partial charge in [-0.15, -0.1) is 0 Å². The highest BCUT2D eigenvalue weighted by atomic mass is 35.5. The van der Waals surface area contributed by atoms with Crippen molar-refractivity contribution in [3.05, 3.63) is 89.6 Å². The summed E-state index contributed by atoms with van der Waals surface area (Å²) < 4.78 is 35.1. The topological polar surface area (TPSA) is 128 Å². The number of aromatic nitrogens is 4. The first-order valence-electron chi connectivity index (χ1n) is 9.90. The van der Waals surface area contributed by atoms with Crippen LogP contribution in [0.1, 0.15) is 15.9 Å². The number of rotatable bonds is 8. The number of pyridine rings is 1. The molecule has 0 radical (unpaired) electrons. The third-order valence-electron chi connectivity index (χ3n) is 4.75. The van der Waals surface area contributed by atoms with E-state index in [9.17, 15) is 13.2 Å². The number of methoxy groups -OCH3 is 1. The Morgan fingerprint density at radius 2 is 1.91 bits per heavy atom. The van der Waals surface area contributed by atoms with E-state index in [1.807, 2.05) is 0 Å². The molecule has 2 aromatic heterocycles. The lowest BCUT2D eigenvalue weighted by Crippen LogP contribution is -2.24. The van der Waals surface area contributed by atoms with E-state index in [1.165, 1.54) is 48.8 Å².